The first-order valence-corrected chi connectivity index (χ1v) is 17.1. The molecule has 13 heteroatoms. The summed E-state index contributed by atoms with van der Waals surface area (Å²) in [6.07, 6.45) is 0. The van der Waals surface area contributed by atoms with Crippen LogP contribution in [0.15, 0.2) is 10.6 Å². The number of esters is 1. The molecule has 0 aliphatic heterocycles. The van der Waals surface area contributed by atoms with Gasteiger partial charge in [-0.05, 0) is 37.7 Å². The summed E-state index contributed by atoms with van der Waals surface area (Å²) in [7, 11) is 0.671. The van der Waals surface area contributed by atoms with Crippen molar-refractivity contribution in [1.29, 1.82) is 0 Å². The van der Waals surface area contributed by atoms with Crippen molar-refractivity contribution >= 4 is 44.6 Å². The number of amides is 1. The molecule has 0 saturated heterocycles. The molecule has 1 N–H and O–H groups in total. The van der Waals surface area contributed by atoms with Gasteiger partial charge in [-0.3, -0.25) is 4.79 Å². The fourth-order valence-corrected chi connectivity index (χ4v) is 5.54. The van der Waals surface area contributed by atoms with E-state index < -0.39 is 30.8 Å². The minimum Gasteiger partial charge on any atom is -0.543 e. The number of nitrogens with zero attached hydrogens (tertiary/aromatic N) is 2. The van der Waals surface area contributed by atoms with Crippen molar-refractivity contribution < 1.29 is 32.7 Å². The van der Waals surface area contributed by atoms with E-state index >= 15 is 0 Å². The van der Waals surface area contributed by atoms with Crippen LogP contribution in [0, 0.1) is 13.8 Å². The first-order chi connectivity index (χ1) is 18.2. The SMILES string of the molecule is CCSC(NC(=O)C(S)c1nc(C)no1)c1c(O[Si](C)(C)C(C)(C)C)cc(OC)c(C)c1C(=O)OCCOC. The maximum atomic E-state index is 13.5. The van der Waals surface area contributed by atoms with Crippen LogP contribution < -0.4 is 14.5 Å². The van der Waals surface area contributed by atoms with E-state index in [0.717, 1.165) is 0 Å². The van der Waals surface area contributed by atoms with E-state index in [0.29, 0.717) is 34.2 Å². The van der Waals surface area contributed by atoms with Crippen LogP contribution in [-0.4, -0.2) is 63.5 Å². The third-order valence-electron chi connectivity index (χ3n) is 6.55. The molecule has 1 aromatic carbocycles. The van der Waals surface area contributed by atoms with Gasteiger partial charge < -0.3 is 28.5 Å². The summed E-state index contributed by atoms with van der Waals surface area (Å²) in [5.41, 5.74) is 1.35. The van der Waals surface area contributed by atoms with Gasteiger partial charge in [0.1, 0.15) is 23.5 Å². The summed E-state index contributed by atoms with van der Waals surface area (Å²) in [6.45, 7) is 16.3. The molecule has 218 valence electrons. The lowest BCUT2D eigenvalue weighted by atomic mass is 9.99. The van der Waals surface area contributed by atoms with Gasteiger partial charge in [-0.1, -0.05) is 32.9 Å². The number of thioether (sulfide) groups is 1. The number of aryl methyl sites for hydroxylation is 1. The molecule has 10 nitrogen and oxygen atoms in total. The Kier molecular flexibility index (Phi) is 11.8. The van der Waals surface area contributed by atoms with E-state index in [9.17, 15) is 9.59 Å². The maximum Gasteiger partial charge on any atom is 0.339 e. The fourth-order valence-electron chi connectivity index (χ4n) is 3.40. The Balaban J connectivity index is 2.72. The van der Waals surface area contributed by atoms with Crippen LogP contribution in [0.1, 0.15) is 71.5 Å². The zero-order valence-corrected chi connectivity index (χ0v) is 27.2. The lowest BCUT2D eigenvalue weighted by Crippen LogP contribution is -2.44. The van der Waals surface area contributed by atoms with Crippen LogP contribution in [0.25, 0.3) is 0 Å². The zero-order valence-electron chi connectivity index (χ0n) is 24.5. The van der Waals surface area contributed by atoms with Crippen molar-refractivity contribution in [2.75, 3.05) is 33.2 Å². The molecular weight excluding hydrogens is 559 g/mol. The lowest BCUT2D eigenvalue weighted by Gasteiger charge is -2.38. The van der Waals surface area contributed by atoms with Crippen molar-refractivity contribution in [2.24, 2.45) is 0 Å². The first-order valence-electron chi connectivity index (χ1n) is 12.6. The Labute approximate surface area is 241 Å². The Bertz CT molecular complexity index is 1150. The fraction of sp³-hybridized carbons (Fsp3) is 0.615. The monoisotopic (exact) mass is 599 g/mol. The third-order valence-corrected chi connectivity index (χ3v) is 12.4. The van der Waals surface area contributed by atoms with E-state index in [4.69, 9.17) is 23.2 Å². The van der Waals surface area contributed by atoms with Gasteiger partial charge in [-0.15, -0.1) is 11.8 Å². The van der Waals surface area contributed by atoms with Gasteiger partial charge in [0.05, 0.1) is 19.3 Å². The summed E-state index contributed by atoms with van der Waals surface area (Å²) in [6, 6.07) is 1.78. The second-order valence-corrected chi connectivity index (χ2v) is 17.0. The van der Waals surface area contributed by atoms with Crippen LogP contribution in [0.3, 0.4) is 0 Å². The van der Waals surface area contributed by atoms with E-state index in [1.165, 1.54) is 26.0 Å². The number of rotatable bonds is 13. The van der Waals surface area contributed by atoms with Crippen molar-refractivity contribution in [2.45, 2.75) is 70.3 Å². The summed E-state index contributed by atoms with van der Waals surface area (Å²) in [5.74, 6) is 1.02. The van der Waals surface area contributed by atoms with Crippen LogP contribution >= 0.6 is 24.4 Å². The van der Waals surface area contributed by atoms with Gasteiger partial charge in [0, 0.05) is 24.3 Å². The summed E-state index contributed by atoms with van der Waals surface area (Å²) < 4.78 is 28.2. The van der Waals surface area contributed by atoms with Crippen LogP contribution in [-0.2, 0) is 14.3 Å². The third kappa shape index (κ3) is 8.15. The van der Waals surface area contributed by atoms with Gasteiger partial charge >= 0.3 is 5.97 Å². The molecule has 2 rings (SSSR count). The van der Waals surface area contributed by atoms with Gasteiger partial charge in [0.2, 0.25) is 20.1 Å². The molecule has 1 amide bonds. The van der Waals surface area contributed by atoms with Gasteiger partial charge in [0.25, 0.3) is 0 Å². The molecule has 2 aromatic rings. The molecule has 0 bridgehead atoms. The standard InChI is InChI=1S/C26H41N3O7S2Si/c1-11-38-24(28-22(30)21(37)23-27-16(3)29-35-23)20-18(36-39(9,10)26(4,5)6)14-17(33-8)15(2)19(20)25(31)34-13-12-32-7/h14,21,24,37H,11-13H2,1-10H3,(H,28,30). The minimum absolute atomic E-state index is 0.0665. The van der Waals surface area contributed by atoms with E-state index in [1.54, 1.807) is 19.9 Å². The van der Waals surface area contributed by atoms with Crippen molar-refractivity contribution in [1.82, 2.24) is 15.5 Å². The Hall–Kier alpha value is -2.22. The highest BCUT2D eigenvalue weighted by Gasteiger charge is 2.41. The predicted molar refractivity (Wildman–Crippen MR) is 157 cm³/mol. The van der Waals surface area contributed by atoms with Crippen LogP contribution in [0.5, 0.6) is 11.5 Å². The molecular formula is C26H41N3O7S2Si. The molecule has 2 unspecified atom stereocenters. The molecule has 0 radical (unpaired) electrons. The number of hydrogen-bond donors (Lipinski definition) is 2. The minimum atomic E-state index is -2.40. The molecule has 0 spiro atoms. The number of ether oxygens (including phenoxy) is 3. The lowest BCUT2D eigenvalue weighted by molar-refractivity contribution is -0.121. The molecule has 1 heterocycles. The highest BCUT2D eigenvalue weighted by molar-refractivity contribution is 7.99. The number of aromatic nitrogens is 2. The van der Waals surface area contributed by atoms with Crippen LogP contribution in [0.2, 0.25) is 18.1 Å². The Morgan fingerprint density at radius 3 is 2.36 bits per heavy atom. The number of nitrogens with one attached hydrogen (secondary N) is 1. The van der Waals surface area contributed by atoms with Gasteiger partial charge in [0.15, 0.2) is 11.1 Å². The predicted octanol–water partition coefficient (Wildman–Crippen LogP) is 5.42. The molecule has 0 aliphatic rings. The maximum absolute atomic E-state index is 13.5. The average molecular weight is 600 g/mol. The smallest absolute Gasteiger partial charge is 0.339 e. The van der Waals surface area contributed by atoms with Crippen molar-refractivity contribution in [3.63, 3.8) is 0 Å². The van der Waals surface area contributed by atoms with Crippen LogP contribution in [0.4, 0.5) is 0 Å². The molecule has 2 atom stereocenters. The Morgan fingerprint density at radius 1 is 1.18 bits per heavy atom. The number of carbonyl (C=O) groups excluding carboxylic acids is 2. The molecule has 0 aliphatic carbocycles. The first kappa shape index (κ1) is 33.0. The van der Waals surface area contributed by atoms with E-state index in [-0.39, 0.29) is 29.7 Å². The number of thiol groups is 1. The second kappa shape index (κ2) is 13.9. The number of benzene rings is 1. The zero-order chi connectivity index (χ0) is 29.5. The molecule has 39 heavy (non-hydrogen) atoms. The molecule has 0 fully saturated rings. The highest BCUT2D eigenvalue weighted by atomic mass is 32.2. The number of hydrogen-bond acceptors (Lipinski definition) is 11. The van der Waals surface area contributed by atoms with E-state index in [2.05, 4.69) is 62.0 Å². The second-order valence-electron chi connectivity index (χ2n) is 10.4. The molecule has 1 aromatic heterocycles. The largest absolute Gasteiger partial charge is 0.543 e. The average Bonchev–Trinajstić information content (AvgIpc) is 3.29. The quantitative estimate of drug-likeness (QED) is 0.101. The summed E-state index contributed by atoms with van der Waals surface area (Å²) in [4.78, 5) is 31.0. The number of carbonyl (C=O) groups is 2. The topological polar surface area (TPSA) is 122 Å². The van der Waals surface area contributed by atoms with Crippen molar-refractivity contribution in [3.05, 3.63) is 34.5 Å². The van der Waals surface area contributed by atoms with Gasteiger partial charge in [-0.25, -0.2) is 4.79 Å². The highest BCUT2D eigenvalue weighted by Crippen LogP contribution is 2.45. The van der Waals surface area contributed by atoms with Gasteiger partial charge in [-0.2, -0.15) is 17.6 Å². The number of methoxy groups -OCH3 is 2. The summed E-state index contributed by atoms with van der Waals surface area (Å²) in [5, 5.41) is 4.94. The normalized spacial score (nSPS) is 13.5. The van der Waals surface area contributed by atoms with E-state index in [1.807, 2.05) is 6.92 Å². The summed E-state index contributed by atoms with van der Waals surface area (Å²) >= 11 is 5.86. The molecule has 0 saturated carbocycles. The Morgan fingerprint density at radius 2 is 1.85 bits per heavy atom. The van der Waals surface area contributed by atoms with Crippen molar-refractivity contribution in [3.8, 4) is 11.5 Å².